The van der Waals surface area contributed by atoms with Crippen LogP contribution in [0.3, 0.4) is 0 Å². The van der Waals surface area contributed by atoms with Crippen molar-refractivity contribution in [3.8, 4) is 0 Å². The van der Waals surface area contributed by atoms with Crippen molar-refractivity contribution in [1.29, 1.82) is 0 Å². The molecule has 0 aromatic carbocycles. The van der Waals surface area contributed by atoms with Gasteiger partial charge in [0.1, 0.15) is 0 Å². The van der Waals surface area contributed by atoms with Crippen LogP contribution in [0.4, 0.5) is 0 Å². The van der Waals surface area contributed by atoms with Gasteiger partial charge in [-0.15, -0.1) is 0 Å². The highest BCUT2D eigenvalue weighted by atomic mass is 32.1. The van der Waals surface area contributed by atoms with E-state index in [0.29, 0.717) is 17.7 Å². The fraction of sp³-hybridized carbons (Fsp3) is 0.462. The van der Waals surface area contributed by atoms with E-state index in [0.717, 1.165) is 0 Å². The predicted octanol–water partition coefficient (Wildman–Crippen LogP) is 2.02. The van der Waals surface area contributed by atoms with Gasteiger partial charge in [-0.3, -0.25) is 4.79 Å². The Hall–Kier alpha value is -1.80. The predicted molar refractivity (Wildman–Crippen MR) is 84.8 cm³/mol. The highest BCUT2D eigenvalue weighted by Gasteiger charge is 1.95. The molecule has 0 rings (SSSR count). The van der Waals surface area contributed by atoms with Gasteiger partial charge >= 0.3 is 17.9 Å². The van der Waals surface area contributed by atoms with Crippen molar-refractivity contribution in [2.45, 2.75) is 20.3 Å². The zero-order valence-corrected chi connectivity index (χ0v) is 13.9. The van der Waals surface area contributed by atoms with Gasteiger partial charge in [-0.05, 0) is 13.8 Å². The molecule has 0 aromatic heterocycles. The lowest BCUT2D eigenvalue weighted by atomic mass is 10.4. The molecule has 0 atom stereocenters. The highest BCUT2D eigenvalue weighted by molar-refractivity contribution is 7.80. The second-order valence-corrected chi connectivity index (χ2v) is 3.85. The Bertz CT molecular complexity index is 343. The highest BCUT2D eigenvalue weighted by Crippen LogP contribution is 1.87. The van der Waals surface area contributed by atoms with Crippen molar-refractivity contribution >= 4 is 30.5 Å². The molecule has 0 radical (unpaired) electrons. The zero-order valence-electron chi connectivity index (χ0n) is 13.0. The van der Waals surface area contributed by atoms with Crippen molar-refractivity contribution in [2.75, 3.05) is 20.0 Å². The van der Waals surface area contributed by atoms with Crippen molar-refractivity contribution in [1.82, 2.24) is 6.15 Å². The normalized spacial score (nSPS) is 7.48. The average Bonchev–Trinajstić information content (AvgIpc) is 2.39. The van der Waals surface area contributed by atoms with Crippen LogP contribution in [-0.2, 0) is 23.9 Å². The van der Waals surface area contributed by atoms with Crippen LogP contribution in [0.15, 0.2) is 24.3 Å². The number of carbonyl (C=O) groups is 3. The first kappa shape index (κ1) is 27.5. The second-order valence-electron chi connectivity index (χ2n) is 3.41. The monoisotopic (exact) mass is 323 g/mol. The fourth-order valence-electron chi connectivity index (χ4n) is 0.368. The summed E-state index contributed by atoms with van der Waals surface area (Å²) >= 11 is 3.81. The second kappa shape index (κ2) is 18.2. The number of carbonyl (C=O) groups excluding carboxylic acids is 2. The van der Waals surface area contributed by atoms with Crippen LogP contribution < -0.4 is 6.15 Å². The average molecular weight is 323 g/mol. The van der Waals surface area contributed by atoms with E-state index in [-0.39, 0.29) is 23.7 Å². The van der Waals surface area contributed by atoms with E-state index in [1.165, 1.54) is 21.1 Å². The third-order valence-corrected chi connectivity index (χ3v) is 1.67. The maximum atomic E-state index is 10.2. The Morgan fingerprint density at radius 2 is 1.43 bits per heavy atom. The minimum absolute atomic E-state index is 0. The molecule has 4 N–H and O–H groups in total. The van der Waals surface area contributed by atoms with E-state index in [1.54, 1.807) is 6.92 Å². The van der Waals surface area contributed by atoms with Crippen LogP contribution in [0.25, 0.3) is 0 Å². The summed E-state index contributed by atoms with van der Waals surface area (Å²) in [4.78, 5) is 29.9. The van der Waals surface area contributed by atoms with Gasteiger partial charge in [0.2, 0.25) is 0 Å². The van der Waals surface area contributed by atoms with Crippen molar-refractivity contribution in [3.63, 3.8) is 0 Å². The van der Waals surface area contributed by atoms with Gasteiger partial charge in [-0.25, -0.2) is 9.59 Å². The molecule has 7 nitrogen and oxygen atoms in total. The summed E-state index contributed by atoms with van der Waals surface area (Å²) in [7, 11) is 2.70. The van der Waals surface area contributed by atoms with Gasteiger partial charge in [0, 0.05) is 16.9 Å². The Kier molecular flexibility index (Phi) is 23.9. The summed E-state index contributed by atoms with van der Waals surface area (Å²) < 4.78 is 8.58. The van der Waals surface area contributed by atoms with Crippen molar-refractivity contribution in [3.05, 3.63) is 24.3 Å². The number of rotatable bonds is 4. The van der Waals surface area contributed by atoms with E-state index >= 15 is 0 Å². The number of esters is 2. The van der Waals surface area contributed by atoms with E-state index in [2.05, 4.69) is 35.3 Å². The summed E-state index contributed by atoms with van der Waals surface area (Å²) in [5, 5.41) is 7.89. The van der Waals surface area contributed by atoms with Gasteiger partial charge in [-0.1, -0.05) is 13.2 Å². The van der Waals surface area contributed by atoms with Gasteiger partial charge in [-0.2, -0.15) is 12.6 Å². The molecule has 0 saturated carbocycles. The third kappa shape index (κ3) is 27.4. The fourth-order valence-corrected chi connectivity index (χ4v) is 0.550. The Labute approximate surface area is 131 Å². The molecule has 124 valence electrons. The number of carboxylic acid groups (broad SMARTS) is 1. The molecule has 0 saturated heterocycles. The summed E-state index contributed by atoms with van der Waals surface area (Å²) in [5.41, 5.74) is 0.609. The number of carboxylic acids is 1. The quantitative estimate of drug-likeness (QED) is 0.410. The molecule has 0 aliphatic carbocycles. The molecule has 0 amide bonds. The van der Waals surface area contributed by atoms with Crippen molar-refractivity contribution < 1.29 is 29.0 Å². The molecule has 0 aliphatic heterocycles. The van der Waals surface area contributed by atoms with Gasteiger partial charge in [0.05, 0.1) is 20.6 Å². The molecule has 0 spiro atoms. The van der Waals surface area contributed by atoms with E-state index < -0.39 is 5.97 Å². The molecule has 0 aliphatic rings. The Morgan fingerprint density at radius 3 is 1.48 bits per heavy atom. The van der Waals surface area contributed by atoms with Crippen LogP contribution in [0, 0.1) is 0 Å². The van der Waals surface area contributed by atoms with E-state index in [9.17, 15) is 14.4 Å². The Balaban J connectivity index is -0.000000101. The molecule has 0 unspecified atom stereocenters. The van der Waals surface area contributed by atoms with Crippen molar-refractivity contribution in [2.24, 2.45) is 0 Å². The molecular weight excluding hydrogens is 298 g/mol. The largest absolute Gasteiger partial charge is 0.478 e. The smallest absolute Gasteiger partial charge is 0.332 e. The molecule has 0 bridgehead atoms. The molecule has 0 aromatic rings. The van der Waals surface area contributed by atoms with E-state index in [1.807, 2.05) is 0 Å². The third-order valence-electron chi connectivity index (χ3n) is 1.44. The van der Waals surface area contributed by atoms with Crippen LogP contribution >= 0.6 is 12.6 Å². The number of methoxy groups -OCH3 is 2. The van der Waals surface area contributed by atoms with Crippen LogP contribution in [0.2, 0.25) is 0 Å². The molecule has 8 heteroatoms. The van der Waals surface area contributed by atoms with Gasteiger partial charge in [0.15, 0.2) is 0 Å². The number of hydrogen-bond acceptors (Lipinski definition) is 7. The van der Waals surface area contributed by atoms with Crippen LogP contribution in [0.5, 0.6) is 0 Å². The van der Waals surface area contributed by atoms with Gasteiger partial charge in [0.25, 0.3) is 0 Å². The first-order valence-corrected chi connectivity index (χ1v) is 6.07. The maximum Gasteiger partial charge on any atom is 0.332 e. The summed E-state index contributed by atoms with van der Waals surface area (Å²) in [6.45, 7) is 9.56. The first-order chi connectivity index (χ1) is 9.13. The van der Waals surface area contributed by atoms with E-state index in [4.69, 9.17) is 5.11 Å². The first-order valence-electron chi connectivity index (χ1n) is 5.44. The maximum absolute atomic E-state index is 10.2. The topological polar surface area (TPSA) is 125 Å². The van der Waals surface area contributed by atoms with Gasteiger partial charge < -0.3 is 20.7 Å². The number of thiol groups is 1. The number of ether oxygens (including phenoxy) is 2. The van der Waals surface area contributed by atoms with Crippen LogP contribution in [0.1, 0.15) is 20.3 Å². The molecular formula is C13H25NO6S. The lowest BCUT2D eigenvalue weighted by molar-refractivity contribution is -0.140. The minimum Gasteiger partial charge on any atom is -0.478 e. The summed E-state index contributed by atoms with van der Waals surface area (Å²) in [5.74, 6) is -0.919. The van der Waals surface area contributed by atoms with Crippen LogP contribution in [-0.4, -0.2) is 43.0 Å². The lowest BCUT2D eigenvalue weighted by Gasteiger charge is -1.91. The summed E-state index contributed by atoms with van der Waals surface area (Å²) in [6, 6.07) is 0. The SMILES string of the molecule is C=C(C)C(=O)O.C=C(C)C(=O)OC.COC(=O)CCS.N. The minimum atomic E-state index is -0.935. The molecule has 21 heavy (non-hydrogen) atoms. The molecule has 0 fully saturated rings. The molecule has 0 heterocycles. The Morgan fingerprint density at radius 1 is 1.05 bits per heavy atom. The number of hydrogen-bond donors (Lipinski definition) is 3. The standard InChI is InChI=1S/C5H8O2.C4H8O2S.C4H6O2.H3N/c1-4(2)5(6)7-3;1-6-4(5)2-3-7;1-3(2)4(5)6;/h1H2,2-3H3;7H,2-3H2,1H3;1H2,2H3,(H,5,6);1H3. The lowest BCUT2D eigenvalue weighted by Crippen LogP contribution is -1.99. The number of aliphatic carboxylic acids is 1. The zero-order chi connectivity index (χ0) is 16.7. The summed E-state index contributed by atoms with van der Waals surface area (Å²) in [6.07, 6.45) is 0.402.